The van der Waals surface area contributed by atoms with Crippen LogP contribution < -0.4 is 10.2 Å². The Morgan fingerprint density at radius 1 is 1.20 bits per heavy atom. The molecule has 0 radical (unpaired) electrons. The first-order chi connectivity index (χ1) is 12.2. The molecule has 132 valence electrons. The summed E-state index contributed by atoms with van der Waals surface area (Å²) < 4.78 is 15.3. The highest BCUT2D eigenvalue weighted by Crippen LogP contribution is 2.31. The van der Waals surface area contributed by atoms with Gasteiger partial charge in [-0.2, -0.15) is 5.10 Å². The Kier molecular flexibility index (Phi) is 4.42. The minimum absolute atomic E-state index is 0.0597. The number of aromatic nitrogens is 2. The van der Waals surface area contributed by atoms with Crippen molar-refractivity contribution in [2.45, 2.75) is 44.2 Å². The lowest BCUT2D eigenvalue weighted by atomic mass is 9.93. The molecule has 1 atom stereocenters. The van der Waals surface area contributed by atoms with Crippen molar-refractivity contribution in [3.63, 3.8) is 0 Å². The van der Waals surface area contributed by atoms with Gasteiger partial charge in [0.15, 0.2) is 0 Å². The summed E-state index contributed by atoms with van der Waals surface area (Å²) in [5, 5.41) is 7.47. The summed E-state index contributed by atoms with van der Waals surface area (Å²) in [5.74, 6) is -0.288. The average molecular weight is 342 g/mol. The molecule has 1 amide bonds. The summed E-state index contributed by atoms with van der Waals surface area (Å²) in [4.78, 5) is 14.8. The van der Waals surface area contributed by atoms with Crippen molar-refractivity contribution in [2.75, 3.05) is 18.0 Å². The first-order valence-electron chi connectivity index (χ1n) is 9.05. The van der Waals surface area contributed by atoms with Crippen molar-refractivity contribution >= 4 is 11.6 Å². The molecule has 2 aromatic rings. The van der Waals surface area contributed by atoms with Crippen molar-refractivity contribution in [1.29, 1.82) is 0 Å². The largest absolute Gasteiger partial charge is 0.369 e. The van der Waals surface area contributed by atoms with Gasteiger partial charge in [-0.25, -0.2) is 4.39 Å². The number of rotatable bonds is 4. The lowest BCUT2D eigenvalue weighted by molar-refractivity contribution is 0.0914. The minimum atomic E-state index is -0.229. The molecule has 1 saturated carbocycles. The fourth-order valence-corrected chi connectivity index (χ4v) is 3.68. The second-order valence-electron chi connectivity index (χ2n) is 6.98. The van der Waals surface area contributed by atoms with E-state index in [4.69, 9.17) is 0 Å². The summed E-state index contributed by atoms with van der Waals surface area (Å²) in [7, 11) is 0. The molecular formula is C19H23FN4O. The van der Waals surface area contributed by atoms with Gasteiger partial charge in [0.1, 0.15) is 11.5 Å². The van der Waals surface area contributed by atoms with Crippen LogP contribution in [0.15, 0.2) is 36.5 Å². The number of carbonyl (C=O) groups excluding carboxylic acids is 1. The normalized spacial score (nSPS) is 21.0. The number of anilines is 1. The van der Waals surface area contributed by atoms with Gasteiger partial charge in [-0.3, -0.25) is 9.48 Å². The summed E-state index contributed by atoms with van der Waals surface area (Å²) in [6.45, 7) is 1.59. The van der Waals surface area contributed by atoms with Crippen LogP contribution in [0.5, 0.6) is 0 Å². The van der Waals surface area contributed by atoms with E-state index < -0.39 is 0 Å². The number of piperidine rings is 1. The van der Waals surface area contributed by atoms with Crippen molar-refractivity contribution < 1.29 is 9.18 Å². The molecule has 1 N–H and O–H groups in total. The summed E-state index contributed by atoms with van der Waals surface area (Å²) >= 11 is 0. The summed E-state index contributed by atoms with van der Waals surface area (Å²) in [6.07, 6.45) is 7.01. The van der Waals surface area contributed by atoms with Gasteiger partial charge in [0.2, 0.25) is 0 Å². The summed E-state index contributed by atoms with van der Waals surface area (Å²) in [6, 6.07) is 8.87. The van der Waals surface area contributed by atoms with Gasteiger partial charge < -0.3 is 10.2 Å². The Labute approximate surface area is 146 Å². The molecule has 1 aromatic carbocycles. The number of carbonyl (C=O) groups is 1. The van der Waals surface area contributed by atoms with Gasteiger partial charge in [0, 0.05) is 31.0 Å². The van der Waals surface area contributed by atoms with E-state index in [-0.39, 0.29) is 17.8 Å². The Morgan fingerprint density at radius 2 is 2.08 bits per heavy atom. The third-order valence-corrected chi connectivity index (χ3v) is 5.25. The van der Waals surface area contributed by atoms with Crippen LogP contribution in [0.1, 0.15) is 48.6 Å². The smallest absolute Gasteiger partial charge is 0.269 e. The zero-order valence-corrected chi connectivity index (χ0v) is 14.2. The van der Waals surface area contributed by atoms with E-state index >= 15 is 0 Å². The maximum absolute atomic E-state index is 13.5. The highest BCUT2D eigenvalue weighted by atomic mass is 19.1. The number of amides is 1. The Hall–Kier alpha value is -2.37. The Morgan fingerprint density at radius 3 is 2.84 bits per heavy atom. The van der Waals surface area contributed by atoms with Gasteiger partial charge in [-0.15, -0.1) is 0 Å². The zero-order chi connectivity index (χ0) is 17.2. The maximum Gasteiger partial charge on any atom is 0.269 e. The number of hydrogen-bond acceptors (Lipinski definition) is 3. The van der Waals surface area contributed by atoms with Gasteiger partial charge in [0.25, 0.3) is 5.91 Å². The zero-order valence-electron chi connectivity index (χ0n) is 14.2. The van der Waals surface area contributed by atoms with Crippen LogP contribution in [0.25, 0.3) is 0 Å². The quantitative estimate of drug-likeness (QED) is 0.929. The fourth-order valence-electron chi connectivity index (χ4n) is 3.68. The fraction of sp³-hybridized carbons (Fsp3) is 0.474. The molecule has 25 heavy (non-hydrogen) atoms. The second kappa shape index (κ2) is 6.86. The van der Waals surface area contributed by atoms with Crippen LogP contribution in [0.2, 0.25) is 0 Å². The van der Waals surface area contributed by atoms with Crippen molar-refractivity contribution in [2.24, 2.45) is 0 Å². The molecule has 1 saturated heterocycles. The molecular weight excluding hydrogens is 319 g/mol. The van der Waals surface area contributed by atoms with E-state index in [1.807, 2.05) is 10.7 Å². The molecule has 1 unspecified atom stereocenters. The molecule has 1 aliphatic heterocycles. The van der Waals surface area contributed by atoms with Gasteiger partial charge >= 0.3 is 0 Å². The molecule has 1 aliphatic carbocycles. The van der Waals surface area contributed by atoms with E-state index in [2.05, 4.69) is 15.3 Å². The van der Waals surface area contributed by atoms with Crippen LogP contribution in [0, 0.1) is 5.82 Å². The second-order valence-corrected chi connectivity index (χ2v) is 6.98. The van der Waals surface area contributed by atoms with Crippen molar-refractivity contribution in [3.8, 4) is 0 Å². The van der Waals surface area contributed by atoms with Gasteiger partial charge in [-0.05, 0) is 56.4 Å². The number of nitrogens with one attached hydrogen (secondary N) is 1. The lowest BCUT2D eigenvalue weighted by Gasteiger charge is -2.35. The van der Waals surface area contributed by atoms with E-state index in [0.717, 1.165) is 37.9 Å². The molecule has 2 fully saturated rings. The molecule has 1 aromatic heterocycles. The van der Waals surface area contributed by atoms with Crippen LogP contribution in [-0.2, 0) is 0 Å². The van der Waals surface area contributed by atoms with Crippen LogP contribution in [0.3, 0.4) is 0 Å². The van der Waals surface area contributed by atoms with Gasteiger partial charge in [-0.1, -0.05) is 6.07 Å². The highest BCUT2D eigenvalue weighted by Gasteiger charge is 2.27. The standard InChI is InChI=1S/C19H23FN4O/c20-14-4-1-8-17(12-14)23-11-3-5-15(13-23)22-19(25)18-9-10-21-24(18)16-6-2-7-16/h1,4,8-10,12,15-16H,2-3,5-7,11,13H2,(H,22,25). The molecule has 0 spiro atoms. The van der Waals surface area contributed by atoms with Crippen molar-refractivity contribution in [3.05, 3.63) is 48.0 Å². The molecule has 5 nitrogen and oxygen atoms in total. The van der Waals surface area contributed by atoms with E-state index in [1.165, 1.54) is 12.5 Å². The van der Waals surface area contributed by atoms with E-state index in [9.17, 15) is 9.18 Å². The predicted octanol–water partition coefficient (Wildman–Crippen LogP) is 3.15. The average Bonchev–Trinajstić information content (AvgIpc) is 3.03. The highest BCUT2D eigenvalue weighted by molar-refractivity contribution is 5.92. The summed E-state index contributed by atoms with van der Waals surface area (Å²) in [5.41, 5.74) is 1.52. The van der Waals surface area contributed by atoms with Crippen LogP contribution in [-0.4, -0.2) is 34.8 Å². The lowest BCUT2D eigenvalue weighted by Crippen LogP contribution is -2.48. The van der Waals surface area contributed by atoms with Gasteiger partial charge in [0.05, 0.1) is 6.04 Å². The monoisotopic (exact) mass is 342 g/mol. The third-order valence-electron chi connectivity index (χ3n) is 5.25. The number of halogens is 1. The van der Waals surface area contributed by atoms with E-state index in [0.29, 0.717) is 18.3 Å². The van der Waals surface area contributed by atoms with Crippen molar-refractivity contribution in [1.82, 2.24) is 15.1 Å². The maximum atomic E-state index is 13.5. The first-order valence-corrected chi connectivity index (χ1v) is 9.05. The third kappa shape index (κ3) is 3.38. The topological polar surface area (TPSA) is 50.2 Å². The Bertz CT molecular complexity index is 755. The molecule has 0 bridgehead atoms. The SMILES string of the molecule is O=C(NC1CCCN(c2cccc(F)c2)C1)c1ccnn1C1CCC1. The number of nitrogens with zero attached hydrogens (tertiary/aromatic N) is 3. The first kappa shape index (κ1) is 16.1. The molecule has 2 aliphatic rings. The number of hydrogen-bond donors (Lipinski definition) is 1. The number of benzene rings is 1. The Balaban J connectivity index is 1.42. The predicted molar refractivity (Wildman–Crippen MR) is 94.2 cm³/mol. The minimum Gasteiger partial charge on any atom is -0.369 e. The van der Waals surface area contributed by atoms with E-state index in [1.54, 1.807) is 24.4 Å². The van der Waals surface area contributed by atoms with Crippen LogP contribution in [0.4, 0.5) is 10.1 Å². The molecule has 2 heterocycles. The molecule has 4 rings (SSSR count). The van der Waals surface area contributed by atoms with Crippen LogP contribution >= 0.6 is 0 Å². The molecule has 6 heteroatoms.